The first kappa shape index (κ1) is 14.0. The van der Waals surface area contributed by atoms with Crippen LogP contribution in [0.2, 0.25) is 0 Å². The number of anilines is 1. The Bertz CT molecular complexity index is 752. The molecule has 0 aliphatic heterocycles. The average Bonchev–Trinajstić information content (AvgIpc) is 2.92. The fraction of sp³-hybridized carbons (Fsp3) is 0.250. The van der Waals surface area contributed by atoms with E-state index in [4.69, 9.17) is 0 Å². The Hall–Kier alpha value is -0.990. The summed E-state index contributed by atoms with van der Waals surface area (Å²) in [7, 11) is -3.80. The molecule has 3 rings (SSSR count). The molecule has 1 N–H and O–H groups in total. The molecule has 0 saturated heterocycles. The second-order valence-corrected chi connectivity index (χ2v) is 8.04. The average molecular weight is 377 g/mol. The molecule has 1 heterocycles. The van der Waals surface area contributed by atoms with Gasteiger partial charge in [0.25, 0.3) is 10.0 Å². The summed E-state index contributed by atoms with van der Waals surface area (Å²) in [5.74, 6) is -0.616. The van der Waals surface area contributed by atoms with Crippen LogP contribution < -0.4 is 4.72 Å². The van der Waals surface area contributed by atoms with Gasteiger partial charge in [-0.2, -0.15) is 0 Å². The van der Waals surface area contributed by atoms with Crippen molar-refractivity contribution < 1.29 is 12.8 Å². The minimum Gasteiger partial charge on any atom is -0.255 e. The first-order valence-electron chi connectivity index (χ1n) is 5.92. The van der Waals surface area contributed by atoms with Gasteiger partial charge in [-0.3, -0.25) is 4.72 Å². The predicted octanol–water partition coefficient (Wildman–Crippen LogP) is 3.33. The quantitative estimate of drug-likeness (QED) is 0.893. The minimum absolute atomic E-state index is 0.117. The fourth-order valence-corrected chi connectivity index (χ4v) is 4.59. The van der Waals surface area contributed by atoms with Crippen LogP contribution in [0.15, 0.2) is 27.6 Å². The molecular weight excluding hydrogens is 367 g/mol. The smallest absolute Gasteiger partial charge is 0.255 e. The predicted molar refractivity (Wildman–Crippen MR) is 79.0 cm³/mol. The lowest BCUT2D eigenvalue weighted by Gasteiger charge is -2.05. The number of hydrogen-bond donors (Lipinski definition) is 1. The zero-order valence-electron chi connectivity index (χ0n) is 10.2. The Morgan fingerprint density at radius 3 is 2.85 bits per heavy atom. The lowest BCUT2D eigenvalue weighted by molar-refractivity contribution is 0.593. The van der Waals surface area contributed by atoms with Gasteiger partial charge in [0.1, 0.15) is 5.82 Å². The van der Waals surface area contributed by atoms with Crippen molar-refractivity contribution in [2.24, 2.45) is 0 Å². The summed E-state index contributed by atoms with van der Waals surface area (Å²) < 4.78 is 40.4. The molecule has 20 heavy (non-hydrogen) atoms. The third-order valence-corrected chi connectivity index (χ3v) is 6.20. The van der Waals surface area contributed by atoms with E-state index in [2.05, 4.69) is 25.6 Å². The lowest BCUT2D eigenvalue weighted by Crippen LogP contribution is -2.13. The third kappa shape index (κ3) is 2.59. The van der Waals surface area contributed by atoms with E-state index in [1.54, 1.807) is 0 Å². The van der Waals surface area contributed by atoms with Gasteiger partial charge in [0.05, 0.1) is 15.1 Å². The summed E-state index contributed by atoms with van der Waals surface area (Å²) in [6.07, 6.45) is 2.90. The molecule has 1 aromatic carbocycles. The molecule has 0 spiro atoms. The zero-order valence-corrected chi connectivity index (χ0v) is 13.4. The van der Waals surface area contributed by atoms with E-state index in [9.17, 15) is 12.8 Å². The highest BCUT2D eigenvalue weighted by molar-refractivity contribution is 9.10. The SMILES string of the molecule is O=S(=O)(Nc1nc2c(s1)CCC2)c1ccc(Br)c(F)c1. The summed E-state index contributed by atoms with van der Waals surface area (Å²) in [4.78, 5) is 5.28. The highest BCUT2D eigenvalue weighted by Crippen LogP contribution is 2.31. The van der Waals surface area contributed by atoms with Crippen LogP contribution in [0.25, 0.3) is 0 Å². The zero-order chi connectivity index (χ0) is 14.3. The van der Waals surface area contributed by atoms with Gasteiger partial charge < -0.3 is 0 Å². The maximum absolute atomic E-state index is 13.4. The van der Waals surface area contributed by atoms with E-state index < -0.39 is 15.8 Å². The molecule has 1 aliphatic rings. The van der Waals surface area contributed by atoms with Crippen molar-refractivity contribution in [1.29, 1.82) is 0 Å². The Morgan fingerprint density at radius 2 is 2.15 bits per heavy atom. The molecular formula is C12H10BrFN2O2S2. The minimum atomic E-state index is -3.80. The first-order valence-corrected chi connectivity index (χ1v) is 9.01. The molecule has 106 valence electrons. The first-order chi connectivity index (χ1) is 9.45. The number of sulfonamides is 1. The standard InChI is InChI=1S/C12H10BrFN2O2S2/c13-8-5-4-7(6-9(8)14)20(17,18)16-12-15-10-2-1-3-11(10)19-12/h4-6H,1-3H2,(H,15,16). The number of rotatable bonds is 3. The fourth-order valence-electron chi connectivity index (χ4n) is 2.05. The van der Waals surface area contributed by atoms with Crippen LogP contribution >= 0.6 is 27.3 Å². The third-order valence-electron chi connectivity index (χ3n) is 3.02. The van der Waals surface area contributed by atoms with E-state index in [1.165, 1.54) is 23.5 Å². The molecule has 1 aliphatic carbocycles. The van der Waals surface area contributed by atoms with E-state index >= 15 is 0 Å². The maximum atomic E-state index is 13.4. The van der Waals surface area contributed by atoms with Gasteiger partial charge in [0.2, 0.25) is 0 Å². The number of nitrogens with zero attached hydrogens (tertiary/aromatic N) is 1. The Morgan fingerprint density at radius 1 is 1.35 bits per heavy atom. The van der Waals surface area contributed by atoms with E-state index in [0.29, 0.717) is 5.13 Å². The number of halogens is 2. The van der Waals surface area contributed by atoms with Gasteiger partial charge in [-0.15, -0.1) is 11.3 Å². The molecule has 0 atom stereocenters. The van der Waals surface area contributed by atoms with E-state index in [-0.39, 0.29) is 9.37 Å². The molecule has 0 amide bonds. The van der Waals surface area contributed by atoms with Crippen molar-refractivity contribution >= 4 is 42.4 Å². The van der Waals surface area contributed by atoms with Crippen molar-refractivity contribution in [3.05, 3.63) is 39.1 Å². The monoisotopic (exact) mass is 376 g/mol. The van der Waals surface area contributed by atoms with Crippen molar-refractivity contribution in [3.8, 4) is 0 Å². The van der Waals surface area contributed by atoms with Crippen LogP contribution in [0.5, 0.6) is 0 Å². The number of thiazole rings is 1. The summed E-state index contributed by atoms with van der Waals surface area (Å²) >= 11 is 4.34. The normalized spacial score (nSPS) is 14.3. The maximum Gasteiger partial charge on any atom is 0.263 e. The van der Waals surface area contributed by atoms with Crippen molar-refractivity contribution in [2.45, 2.75) is 24.2 Å². The number of benzene rings is 1. The van der Waals surface area contributed by atoms with Gasteiger partial charge >= 0.3 is 0 Å². The number of aromatic nitrogens is 1. The molecule has 0 unspecified atom stereocenters. The highest BCUT2D eigenvalue weighted by Gasteiger charge is 2.21. The van der Waals surface area contributed by atoms with Crippen molar-refractivity contribution in [1.82, 2.24) is 4.98 Å². The number of aryl methyl sites for hydroxylation is 2. The van der Waals surface area contributed by atoms with Gasteiger partial charge in [-0.25, -0.2) is 17.8 Å². The summed E-state index contributed by atoms with van der Waals surface area (Å²) in [5, 5.41) is 0.345. The molecule has 8 heteroatoms. The molecule has 0 bridgehead atoms. The highest BCUT2D eigenvalue weighted by atomic mass is 79.9. The topological polar surface area (TPSA) is 59.1 Å². The molecule has 0 saturated carbocycles. The van der Waals surface area contributed by atoms with Crippen LogP contribution in [-0.4, -0.2) is 13.4 Å². The molecule has 4 nitrogen and oxygen atoms in total. The van der Waals surface area contributed by atoms with Crippen LogP contribution in [0, 0.1) is 5.82 Å². The van der Waals surface area contributed by atoms with Crippen LogP contribution in [0.3, 0.4) is 0 Å². The second-order valence-electron chi connectivity index (χ2n) is 4.42. The molecule has 0 fully saturated rings. The van der Waals surface area contributed by atoms with Gasteiger partial charge in [0, 0.05) is 4.88 Å². The Balaban J connectivity index is 1.89. The van der Waals surface area contributed by atoms with Crippen LogP contribution in [0.4, 0.5) is 9.52 Å². The van der Waals surface area contributed by atoms with Crippen LogP contribution in [-0.2, 0) is 22.9 Å². The van der Waals surface area contributed by atoms with Gasteiger partial charge in [-0.1, -0.05) is 0 Å². The largest absolute Gasteiger partial charge is 0.263 e. The molecule has 2 aromatic rings. The number of fused-ring (bicyclic) bond motifs is 1. The number of nitrogens with one attached hydrogen (secondary N) is 1. The summed E-state index contributed by atoms with van der Waals surface area (Å²) in [6, 6.07) is 3.69. The van der Waals surface area contributed by atoms with Gasteiger partial charge in [-0.05, 0) is 53.4 Å². The van der Waals surface area contributed by atoms with Crippen molar-refractivity contribution in [2.75, 3.05) is 4.72 Å². The van der Waals surface area contributed by atoms with Crippen LogP contribution in [0.1, 0.15) is 17.0 Å². The Labute approximate surface area is 128 Å². The van der Waals surface area contributed by atoms with Crippen molar-refractivity contribution in [3.63, 3.8) is 0 Å². The van der Waals surface area contributed by atoms with Gasteiger partial charge in [0.15, 0.2) is 5.13 Å². The lowest BCUT2D eigenvalue weighted by atomic mass is 10.3. The van der Waals surface area contributed by atoms with E-state index in [0.717, 1.165) is 35.9 Å². The second kappa shape index (κ2) is 5.09. The number of hydrogen-bond acceptors (Lipinski definition) is 4. The van der Waals surface area contributed by atoms with E-state index in [1.807, 2.05) is 0 Å². The molecule has 0 radical (unpaired) electrons. The Kier molecular flexibility index (Phi) is 3.55. The molecule has 1 aromatic heterocycles. The summed E-state index contributed by atoms with van der Waals surface area (Å²) in [6.45, 7) is 0. The summed E-state index contributed by atoms with van der Waals surface area (Å²) in [5.41, 5.74) is 0.967.